The summed E-state index contributed by atoms with van der Waals surface area (Å²) < 4.78 is 4.73. The van der Waals surface area contributed by atoms with Crippen molar-refractivity contribution >= 4 is 11.7 Å². The highest BCUT2D eigenvalue weighted by Gasteiger charge is 2.02. The molecule has 0 atom stereocenters. The van der Waals surface area contributed by atoms with Gasteiger partial charge < -0.3 is 4.74 Å². The van der Waals surface area contributed by atoms with Crippen LogP contribution in [-0.2, 0) is 9.53 Å². The lowest BCUT2D eigenvalue weighted by molar-refractivity contribution is -0.140. The van der Waals surface area contributed by atoms with Crippen LogP contribution in [0.1, 0.15) is 13.3 Å². The number of rotatable bonds is 4. The van der Waals surface area contributed by atoms with Gasteiger partial charge in [0.15, 0.2) is 0 Å². The van der Waals surface area contributed by atoms with Gasteiger partial charge in [-0.25, -0.2) is 0 Å². The van der Waals surface area contributed by atoms with Crippen molar-refractivity contribution in [2.75, 3.05) is 13.7 Å². The number of nitrogens with zero attached hydrogens (tertiary/aromatic N) is 1. The molecule has 0 aliphatic carbocycles. The van der Waals surface area contributed by atoms with Gasteiger partial charge in [-0.1, -0.05) is 12.7 Å². The maximum atomic E-state index is 10.8. The molecule has 0 radical (unpaired) electrons. The highest BCUT2D eigenvalue weighted by molar-refractivity contribution is 5.97. The van der Waals surface area contributed by atoms with Crippen LogP contribution in [0.15, 0.2) is 17.6 Å². The van der Waals surface area contributed by atoms with Gasteiger partial charge in [0.25, 0.3) is 0 Å². The normalized spacial score (nSPS) is 10.9. The molecule has 11 heavy (non-hydrogen) atoms. The molecule has 0 spiro atoms. The first-order valence-electron chi connectivity index (χ1n) is 3.39. The maximum Gasteiger partial charge on any atom is 0.311 e. The molecule has 0 aliphatic rings. The standard InChI is InChI=1S/C8H13NO2/c1-4-5-11-8(10)6-7(2)9-3/h4H,1,5-6H2,2-3H3. The highest BCUT2D eigenvalue weighted by Crippen LogP contribution is 1.89. The van der Waals surface area contributed by atoms with E-state index in [0.717, 1.165) is 5.71 Å². The van der Waals surface area contributed by atoms with Crippen LogP contribution in [0.2, 0.25) is 0 Å². The molecule has 0 fully saturated rings. The van der Waals surface area contributed by atoms with Gasteiger partial charge in [0, 0.05) is 12.8 Å². The second-order valence-corrected chi connectivity index (χ2v) is 2.11. The van der Waals surface area contributed by atoms with Crippen molar-refractivity contribution in [3.8, 4) is 0 Å². The average Bonchev–Trinajstić information content (AvgIpc) is 2.00. The molecule has 0 rings (SSSR count). The monoisotopic (exact) mass is 155 g/mol. The van der Waals surface area contributed by atoms with Crippen molar-refractivity contribution in [2.45, 2.75) is 13.3 Å². The van der Waals surface area contributed by atoms with Crippen molar-refractivity contribution in [3.05, 3.63) is 12.7 Å². The van der Waals surface area contributed by atoms with E-state index in [1.165, 1.54) is 6.08 Å². The Morgan fingerprint density at radius 2 is 2.36 bits per heavy atom. The van der Waals surface area contributed by atoms with Gasteiger partial charge in [0.05, 0.1) is 6.42 Å². The van der Waals surface area contributed by atoms with E-state index in [2.05, 4.69) is 11.6 Å². The van der Waals surface area contributed by atoms with Crippen molar-refractivity contribution in [1.29, 1.82) is 0 Å². The summed E-state index contributed by atoms with van der Waals surface area (Å²) in [5, 5.41) is 0. The first-order chi connectivity index (χ1) is 5.20. The van der Waals surface area contributed by atoms with Gasteiger partial charge in [0.1, 0.15) is 6.61 Å². The third-order valence-electron chi connectivity index (χ3n) is 1.14. The second-order valence-electron chi connectivity index (χ2n) is 2.11. The number of carbonyl (C=O) groups is 1. The molecule has 0 saturated carbocycles. The Morgan fingerprint density at radius 3 is 2.82 bits per heavy atom. The molecule has 3 nitrogen and oxygen atoms in total. The van der Waals surface area contributed by atoms with E-state index in [-0.39, 0.29) is 19.0 Å². The summed E-state index contributed by atoms with van der Waals surface area (Å²) in [7, 11) is 1.65. The third-order valence-corrected chi connectivity index (χ3v) is 1.14. The van der Waals surface area contributed by atoms with E-state index in [1.54, 1.807) is 14.0 Å². The number of aliphatic imine (C=N–C) groups is 1. The van der Waals surface area contributed by atoms with Gasteiger partial charge in [-0.05, 0) is 6.92 Å². The smallest absolute Gasteiger partial charge is 0.311 e. The number of hydrogen-bond acceptors (Lipinski definition) is 3. The summed E-state index contributed by atoms with van der Waals surface area (Å²) in [4.78, 5) is 14.6. The van der Waals surface area contributed by atoms with Crippen LogP contribution in [0.3, 0.4) is 0 Å². The van der Waals surface area contributed by atoms with Crippen LogP contribution in [0.4, 0.5) is 0 Å². The summed E-state index contributed by atoms with van der Waals surface area (Å²) in [5.74, 6) is -0.256. The van der Waals surface area contributed by atoms with Crippen LogP contribution in [-0.4, -0.2) is 25.3 Å². The Morgan fingerprint density at radius 1 is 1.73 bits per heavy atom. The van der Waals surface area contributed by atoms with E-state index >= 15 is 0 Å². The molecule has 0 N–H and O–H groups in total. The van der Waals surface area contributed by atoms with Crippen LogP contribution in [0.25, 0.3) is 0 Å². The second kappa shape index (κ2) is 5.65. The zero-order chi connectivity index (χ0) is 8.69. The predicted octanol–water partition coefficient (Wildman–Crippen LogP) is 1.20. The van der Waals surface area contributed by atoms with Crippen molar-refractivity contribution in [1.82, 2.24) is 0 Å². The molecule has 0 amide bonds. The Hall–Kier alpha value is -1.12. The minimum Gasteiger partial charge on any atom is -0.461 e. The fourth-order valence-electron chi connectivity index (χ4n) is 0.491. The molecule has 0 unspecified atom stereocenters. The molecule has 0 heterocycles. The number of carbonyl (C=O) groups excluding carboxylic acids is 1. The summed E-state index contributed by atoms with van der Waals surface area (Å²) >= 11 is 0. The highest BCUT2D eigenvalue weighted by atomic mass is 16.5. The molecule has 62 valence electrons. The first-order valence-corrected chi connectivity index (χ1v) is 3.39. The van der Waals surface area contributed by atoms with Crippen molar-refractivity contribution in [2.24, 2.45) is 4.99 Å². The van der Waals surface area contributed by atoms with Gasteiger partial charge >= 0.3 is 5.97 Å². The molecular weight excluding hydrogens is 142 g/mol. The molecule has 0 aromatic rings. The van der Waals surface area contributed by atoms with Gasteiger partial charge in [0.2, 0.25) is 0 Å². The fraction of sp³-hybridized carbons (Fsp3) is 0.500. The quantitative estimate of drug-likeness (QED) is 0.347. The molecule has 0 saturated heterocycles. The molecule has 0 aliphatic heterocycles. The predicted molar refractivity (Wildman–Crippen MR) is 44.8 cm³/mol. The maximum absolute atomic E-state index is 10.8. The molecule has 0 bridgehead atoms. The Kier molecular flexibility index (Phi) is 5.07. The largest absolute Gasteiger partial charge is 0.461 e. The minimum absolute atomic E-state index is 0.256. The Labute approximate surface area is 66.8 Å². The topological polar surface area (TPSA) is 38.7 Å². The van der Waals surface area contributed by atoms with E-state index in [1.807, 2.05) is 0 Å². The minimum atomic E-state index is -0.256. The Balaban J connectivity index is 3.60. The van der Waals surface area contributed by atoms with Gasteiger partial charge in [-0.3, -0.25) is 9.79 Å². The lowest BCUT2D eigenvalue weighted by Crippen LogP contribution is -2.08. The van der Waals surface area contributed by atoms with Crippen LogP contribution in [0, 0.1) is 0 Å². The fourth-order valence-corrected chi connectivity index (χ4v) is 0.491. The summed E-state index contributed by atoms with van der Waals surface area (Å²) in [5.41, 5.74) is 0.777. The van der Waals surface area contributed by atoms with Crippen LogP contribution >= 0.6 is 0 Å². The zero-order valence-corrected chi connectivity index (χ0v) is 6.96. The molecular formula is C8H13NO2. The van der Waals surface area contributed by atoms with E-state index in [4.69, 9.17) is 4.74 Å². The van der Waals surface area contributed by atoms with Crippen LogP contribution < -0.4 is 0 Å². The first kappa shape index (κ1) is 9.88. The van der Waals surface area contributed by atoms with Crippen molar-refractivity contribution in [3.63, 3.8) is 0 Å². The zero-order valence-electron chi connectivity index (χ0n) is 6.96. The molecule has 3 heteroatoms. The van der Waals surface area contributed by atoms with Gasteiger partial charge in [-0.15, -0.1) is 0 Å². The third kappa shape index (κ3) is 5.33. The average molecular weight is 155 g/mol. The SMILES string of the molecule is C=CCOC(=O)CC(C)=NC. The van der Waals surface area contributed by atoms with E-state index in [9.17, 15) is 4.79 Å². The molecule has 0 aromatic carbocycles. The van der Waals surface area contributed by atoms with Gasteiger partial charge in [-0.2, -0.15) is 0 Å². The summed E-state index contributed by atoms with van der Waals surface area (Å²) in [6.45, 7) is 5.49. The Bertz CT molecular complexity index is 173. The summed E-state index contributed by atoms with van der Waals surface area (Å²) in [6.07, 6.45) is 1.81. The van der Waals surface area contributed by atoms with E-state index in [0.29, 0.717) is 0 Å². The van der Waals surface area contributed by atoms with Crippen LogP contribution in [0.5, 0.6) is 0 Å². The van der Waals surface area contributed by atoms with Crippen molar-refractivity contribution < 1.29 is 9.53 Å². The number of ether oxygens (including phenoxy) is 1. The number of esters is 1. The molecule has 0 aromatic heterocycles. The lowest BCUT2D eigenvalue weighted by Gasteiger charge is -1.99. The number of hydrogen-bond donors (Lipinski definition) is 0. The summed E-state index contributed by atoms with van der Waals surface area (Å²) in [6, 6.07) is 0. The van der Waals surface area contributed by atoms with E-state index < -0.39 is 0 Å². The lowest BCUT2D eigenvalue weighted by atomic mass is 10.3.